The standard InChI is InChI=1S/C17H31NO/c1-13(2)18-12-17(7-4-16(18)11-17)10-14(3)15-5-8-19-9-6-15/h13-16H,4-12H2,1-3H3. The van der Waals surface area contributed by atoms with Crippen LogP contribution < -0.4 is 0 Å². The number of hydrogen-bond acceptors (Lipinski definition) is 2. The second kappa shape index (κ2) is 5.37. The monoisotopic (exact) mass is 265 g/mol. The lowest BCUT2D eigenvalue weighted by molar-refractivity contribution is 0.0361. The van der Waals surface area contributed by atoms with E-state index < -0.39 is 0 Å². The van der Waals surface area contributed by atoms with Crippen molar-refractivity contribution in [2.24, 2.45) is 17.3 Å². The molecule has 3 fully saturated rings. The summed E-state index contributed by atoms with van der Waals surface area (Å²) in [5, 5.41) is 0. The molecule has 0 aromatic rings. The molecule has 2 bridgehead atoms. The minimum absolute atomic E-state index is 0.673. The second-order valence-corrected chi connectivity index (χ2v) is 7.79. The van der Waals surface area contributed by atoms with Crippen molar-refractivity contribution < 1.29 is 4.74 Å². The fraction of sp³-hybridized carbons (Fsp3) is 1.00. The van der Waals surface area contributed by atoms with Crippen LogP contribution in [0, 0.1) is 17.3 Å². The van der Waals surface area contributed by atoms with Gasteiger partial charge in [-0.25, -0.2) is 0 Å². The molecule has 3 rings (SSSR count). The fourth-order valence-corrected chi connectivity index (χ4v) is 5.11. The average Bonchev–Trinajstić information content (AvgIpc) is 2.97. The van der Waals surface area contributed by atoms with Crippen molar-refractivity contribution in [1.82, 2.24) is 4.90 Å². The van der Waals surface area contributed by atoms with Crippen LogP contribution >= 0.6 is 0 Å². The van der Waals surface area contributed by atoms with E-state index in [1.807, 2.05) is 0 Å². The van der Waals surface area contributed by atoms with E-state index >= 15 is 0 Å². The Hall–Kier alpha value is -0.0800. The van der Waals surface area contributed by atoms with Crippen molar-refractivity contribution in [2.75, 3.05) is 19.8 Å². The number of hydrogen-bond donors (Lipinski definition) is 0. The molecule has 0 spiro atoms. The van der Waals surface area contributed by atoms with E-state index in [1.54, 1.807) is 0 Å². The molecule has 2 aliphatic heterocycles. The lowest BCUT2D eigenvalue weighted by Gasteiger charge is -2.38. The average molecular weight is 265 g/mol. The molecule has 0 N–H and O–H groups in total. The van der Waals surface area contributed by atoms with Crippen molar-refractivity contribution >= 4 is 0 Å². The first-order valence-electron chi connectivity index (χ1n) is 8.43. The number of ether oxygens (including phenoxy) is 1. The van der Waals surface area contributed by atoms with Gasteiger partial charge in [-0.1, -0.05) is 6.92 Å². The normalized spacial score (nSPS) is 38.2. The molecule has 3 atom stereocenters. The van der Waals surface area contributed by atoms with E-state index in [0.29, 0.717) is 5.41 Å². The molecule has 0 amide bonds. The lowest BCUT2D eigenvalue weighted by Crippen LogP contribution is -2.40. The van der Waals surface area contributed by atoms with Gasteiger partial charge in [-0.3, -0.25) is 4.90 Å². The highest BCUT2D eigenvalue weighted by molar-refractivity contribution is 5.04. The summed E-state index contributed by atoms with van der Waals surface area (Å²) >= 11 is 0. The van der Waals surface area contributed by atoms with Gasteiger partial charge in [0, 0.05) is 31.8 Å². The van der Waals surface area contributed by atoms with Gasteiger partial charge in [0.05, 0.1) is 0 Å². The zero-order valence-electron chi connectivity index (χ0n) is 13.0. The summed E-state index contributed by atoms with van der Waals surface area (Å²) < 4.78 is 5.52. The van der Waals surface area contributed by atoms with Gasteiger partial charge >= 0.3 is 0 Å². The fourth-order valence-electron chi connectivity index (χ4n) is 5.11. The summed E-state index contributed by atoms with van der Waals surface area (Å²) in [5.41, 5.74) is 0.673. The number of likely N-dealkylation sites (tertiary alicyclic amines) is 1. The van der Waals surface area contributed by atoms with E-state index in [9.17, 15) is 0 Å². The molecule has 2 heterocycles. The van der Waals surface area contributed by atoms with Crippen LogP contribution in [0.15, 0.2) is 0 Å². The number of fused-ring (bicyclic) bond motifs is 2. The van der Waals surface area contributed by atoms with Crippen LogP contribution in [0.5, 0.6) is 0 Å². The molecule has 110 valence electrons. The van der Waals surface area contributed by atoms with Crippen molar-refractivity contribution in [1.29, 1.82) is 0 Å². The molecule has 3 aliphatic rings. The summed E-state index contributed by atoms with van der Waals surface area (Å²) in [6.45, 7) is 10.6. The van der Waals surface area contributed by atoms with E-state index in [0.717, 1.165) is 37.1 Å². The Bertz CT molecular complexity index is 310. The highest BCUT2D eigenvalue weighted by atomic mass is 16.5. The lowest BCUT2D eigenvalue weighted by atomic mass is 9.73. The smallest absolute Gasteiger partial charge is 0.0468 e. The van der Waals surface area contributed by atoms with Crippen LogP contribution in [-0.2, 0) is 4.74 Å². The summed E-state index contributed by atoms with van der Waals surface area (Å²) in [6.07, 6.45) is 8.51. The van der Waals surface area contributed by atoms with Crippen molar-refractivity contribution in [3.63, 3.8) is 0 Å². The first-order chi connectivity index (χ1) is 9.10. The molecular weight excluding hydrogens is 234 g/mol. The molecule has 2 heteroatoms. The Morgan fingerprint density at radius 1 is 1.16 bits per heavy atom. The third kappa shape index (κ3) is 2.71. The first-order valence-corrected chi connectivity index (χ1v) is 8.43. The number of rotatable bonds is 4. The van der Waals surface area contributed by atoms with Gasteiger partial charge in [-0.15, -0.1) is 0 Å². The molecule has 0 aromatic carbocycles. The van der Waals surface area contributed by atoms with Crippen LogP contribution in [0.4, 0.5) is 0 Å². The SMILES string of the molecule is CC(CC12CCC(C1)N(C(C)C)C2)C1CCOCC1. The van der Waals surface area contributed by atoms with Crippen LogP contribution in [0.3, 0.4) is 0 Å². The summed E-state index contributed by atoms with van der Waals surface area (Å²) in [5.74, 6) is 1.82. The minimum atomic E-state index is 0.673. The third-order valence-corrected chi connectivity index (χ3v) is 6.15. The minimum Gasteiger partial charge on any atom is -0.381 e. The zero-order chi connectivity index (χ0) is 13.5. The summed E-state index contributed by atoms with van der Waals surface area (Å²) in [7, 11) is 0. The highest BCUT2D eigenvalue weighted by Gasteiger charge is 2.50. The van der Waals surface area contributed by atoms with E-state index in [4.69, 9.17) is 4.74 Å². The Labute approximate surface area is 118 Å². The van der Waals surface area contributed by atoms with E-state index in [-0.39, 0.29) is 0 Å². The van der Waals surface area contributed by atoms with Crippen LogP contribution in [-0.4, -0.2) is 36.7 Å². The summed E-state index contributed by atoms with van der Waals surface area (Å²) in [6, 6.07) is 1.65. The quantitative estimate of drug-likeness (QED) is 0.768. The molecule has 1 aliphatic carbocycles. The zero-order valence-corrected chi connectivity index (χ0v) is 13.0. The molecule has 0 radical (unpaired) electrons. The van der Waals surface area contributed by atoms with Crippen LogP contribution in [0.25, 0.3) is 0 Å². The third-order valence-electron chi connectivity index (χ3n) is 6.15. The maximum Gasteiger partial charge on any atom is 0.0468 e. The van der Waals surface area contributed by atoms with Gasteiger partial charge in [-0.2, -0.15) is 0 Å². The van der Waals surface area contributed by atoms with Gasteiger partial charge < -0.3 is 4.74 Å². The molecule has 19 heavy (non-hydrogen) atoms. The van der Waals surface area contributed by atoms with Gasteiger partial charge in [0.15, 0.2) is 0 Å². The number of piperidine rings is 1. The maximum absolute atomic E-state index is 5.52. The topological polar surface area (TPSA) is 12.5 Å². The van der Waals surface area contributed by atoms with Gasteiger partial charge in [0.2, 0.25) is 0 Å². The van der Waals surface area contributed by atoms with Gasteiger partial charge in [-0.05, 0) is 69.6 Å². The van der Waals surface area contributed by atoms with Crippen molar-refractivity contribution in [2.45, 2.75) is 71.4 Å². The van der Waals surface area contributed by atoms with Crippen molar-refractivity contribution in [3.8, 4) is 0 Å². The maximum atomic E-state index is 5.52. The highest BCUT2D eigenvalue weighted by Crippen LogP contribution is 2.53. The van der Waals surface area contributed by atoms with Crippen LogP contribution in [0.1, 0.15) is 59.3 Å². The van der Waals surface area contributed by atoms with E-state index in [1.165, 1.54) is 45.1 Å². The predicted octanol–water partition coefficient (Wildman–Crippen LogP) is 3.70. The van der Waals surface area contributed by atoms with Gasteiger partial charge in [0.25, 0.3) is 0 Å². The Morgan fingerprint density at radius 3 is 2.53 bits per heavy atom. The van der Waals surface area contributed by atoms with Crippen molar-refractivity contribution in [3.05, 3.63) is 0 Å². The molecule has 2 saturated heterocycles. The second-order valence-electron chi connectivity index (χ2n) is 7.79. The molecular formula is C17H31NO. The Balaban J connectivity index is 1.60. The molecule has 0 aromatic heterocycles. The predicted molar refractivity (Wildman–Crippen MR) is 79.2 cm³/mol. The number of nitrogens with zero attached hydrogens (tertiary/aromatic N) is 1. The molecule has 1 saturated carbocycles. The largest absolute Gasteiger partial charge is 0.381 e. The Kier molecular flexibility index (Phi) is 3.92. The first kappa shape index (κ1) is 13.9. The molecule has 2 nitrogen and oxygen atoms in total. The molecule has 3 unspecified atom stereocenters. The van der Waals surface area contributed by atoms with Crippen LogP contribution in [0.2, 0.25) is 0 Å². The van der Waals surface area contributed by atoms with Gasteiger partial charge in [0.1, 0.15) is 0 Å². The summed E-state index contributed by atoms with van der Waals surface area (Å²) in [4.78, 5) is 2.78. The Morgan fingerprint density at radius 2 is 1.89 bits per heavy atom. The van der Waals surface area contributed by atoms with E-state index in [2.05, 4.69) is 25.7 Å².